The van der Waals surface area contributed by atoms with Gasteiger partial charge in [-0.25, -0.2) is 4.79 Å². The summed E-state index contributed by atoms with van der Waals surface area (Å²) in [5.74, 6) is -0.784. The predicted octanol–water partition coefficient (Wildman–Crippen LogP) is 5.84. The lowest BCUT2D eigenvalue weighted by molar-refractivity contribution is -0.158. The molecule has 2 heterocycles. The van der Waals surface area contributed by atoms with E-state index in [-0.39, 0.29) is 54.0 Å². The number of carboxylic acid groups (broad SMARTS) is 1. The summed E-state index contributed by atoms with van der Waals surface area (Å²) in [6, 6.07) is 5.86. The Morgan fingerprint density at radius 3 is 2.42 bits per heavy atom. The Bertz CT molecular complexity index is 1290. The van der Waals surface area contributed by atoms with Crippen molar-refractivity contribution in [2.45, 2.75) is 128 Å². The van der Waals surface area contributed by atoms with Crippen LogP contribution in [-0.2, 0) is 31.7 Å². The second-order valence-electron chi connectivity index (χ2n) is 15.8. The molecule has 4 rings (SSSR count). The molecule has 45 heavy (non-hydrogen) atoms. The molecule has 10 nitrogen and oxygen atoms in total. The molecule has 1 aromatic carbocycles. The van der Waals surface area contributed by atoms with E-state index in [1.807, 2.05) is 18.2 Å². The summed E-state index contributed by atoms with van der Waals surface area (Å²) >= 11 is 0. The van der Waals surface area contributed by atoms with E-state index >= 15 is 0 Å². The molecule has 1 unspecified atom stereocenters. The average Bonchev–Trinajstić information content (AvgIpc) is 3.23. The number of carbonyl (C=O) groups excluding carboxylic acids is 3. The molecule has 3 aliphatic rings. The number of imide groups is 1. The van der Waals surface area contributed by atoms with Crippen LogP contribution in [0.1, 0.15) is 74.4 Å². The normalized spacial score (nSPS) is 24.7. The molecule has 4 amide bonds. The van der Waals surface area contributed by atoms with Gasteiger partial charge in [0, 0.05) is 45.4 Å². The zero-order valence-corrected chi connectivity index (χ0v) is 30.4. The number of likely N-dealkylation sites (tertiary alicyclic amines) is 1. The first kappa shape index (κ1) is 35.3. The number of nitrogens with zero attached hydrogens (tertiary/aromatic N) is 2. The summed E-state index contributed by atoms with van der Waals surface area (Å²) < 4.78 is 12.5. The summed E-state index contributed by atoms with van der Waals surface area (Å²) in [7, 11) is -3.29. The van der Waals surface area contributed by atoms with Crippen molar-refractivity contribution >= 4 is 40.2 Å². The van der Waals surface area contributed by atoms with Crippen LogP contribution in [0.3, 0.4) is 0 Å². The van der Waals surface area contributed by atoms with Crippen LogP contribution >= 0.6 is 0 Å². The second kappa shape index (κ2) is 13.7. The molecule has 1 aromatic rings. The molecule has 0 aromatic heterocycles. The van der Waals surface area contributed by atoms with Crippen molar-refractivity contribution in [3.63, 3.8) is 0 Å². The number of piperidine rings is 1. The van der Waals surface area contributed by atoms with Gasteiger partial charge in [-0.3, -0.25) is 19.3 Å². The van der Waals surface area contributed by atoms with Gasteiger partial charge in [0.05, 0.1) is 0 Å². The molecule has 250 valence electrons. The molecule has 2 aliphatic heterocycles. The number of hydrogen-bond donors (Lipinski definition) is 2. The average molecular weight is 660 g/mol. The van der Waals surface area contributed by atoms with Crippen LogP contribution in [0.15, 0.2) is 18.2 Å². The largest absolute Gasteiger partial charge is 0.465 e. The van der Waals surface area contributed by atoms with Gasteiger partial charge in [-0.1, -0.05) is 52.5 Å². The van der Waals surface area contributed by atoms with Gasteiger partial charge in [-0.05, 0) is 79.4 Å². The highest BCUT2D eigenvalue weighted by Gasteiger charge is 2.44. The molecule has 0 radical (unpaired) electrons. The highest BCUT2D eigenvalue weighted by atomic mass is 28.4. The molecule has 1 saturated heterocycles. The van der Waals surface area contributed by atoms with E-state index in [1.54, 1.807) is 4.90 Å². The minimum Gasteiger partial charge on any atom is -0.465 e. The number of nitrogens with one attached hydrogen (secondary N) is 1. The van der Waals surface area contributed by atoms with Crippen molar-refractivity contribution in [2.75, 3.05) is 13.3 Å². The van der Waals surface area contributed by atoms with Gasteiger partial charge in [0.1, 0.15) is 12.8 Å². The third-order valence-corrected chi connectivity index (χ3v) is 16.3. The Labute approximate surface area is 270 Å². The molecule has 1 aliphatic carbocycles. The van der Waals surface area contributed by atoms with Gasteiger partial charge >= 0.3 is 6.09 Å². The fourth-order valence-electron chi connectivity index (χ4n) is 6.35. The Morgan fingerprint density at radius 2 is 1.78 bits per heavy atom. The van der Waals surface area contributed by atoms with Gasteiger partial charge in [-0.15, -0.1) is 0 Å². The fourth-order valence-corrected chi connectivity index (χ4v) is 8.51. The topological polar surface area (TPSA) is 125 Å². The molecule has 2 fully saturated rings. The number of amides is 4. The van der Waals surface area contributed by atoms with E-state index < -0.39 is 28.5 Å². The van der Waals surface area contributed by atoms with Gasteiger partial charge in [0.15, 0.2) is 8.32 Å². The maximum absolute atomic E-state index is 13.5. The first-order valence-corrected chi connectivity index (χ1v) is 23.0. The Kier molecular flexibility index (Phi) is 10.7. The summed E-state index contributed by atoms with van der Waals surface area (Å²) in [6.45, 7) is 18.6. The second-order valence-corrected chi connectivity index (χ2v) is 26.2. The van der Waals surface area contributed by atoms with Gasteiger partial charge in [-0.2, -0.15) is 0 Å². The lowest BCUT2D eigenvalue weighted by Gasteiger charge is -2.43. The smallest absolute Gasteiger partial charge is 0.404 e. The van der Waals surface area contributed by atoms with Crippen LogP contribution in [0.5, 0.6) is 0 Å². The highest BCUT2D eigenvalue weighted by molar-refractivity contribution is 6.76. The minimum atomic E-state index is -1.98. The molecule has 2 N–H and O–H groups in total. The molecule has 12 heteroatoms. The van der Waals surface area contributed by atoms with Crippen molar-refractivity contribution in [3.8, 4) is 0 Å². The van der Waals surface area contributed by atoms with Crippen molar-refractivity contribution in [1.82, 2.24) is 15.1 Å². The number of hydrogen-bond acceptors (Lipinski definition) is 6. The predicted molar refractivity (Wildman–Crippen MR) is 178 cm³/mol. The molecular weight excluding hydrogens is 607 g/mol. The van der Waals surface area contributed by atoms with E-state index in [1.165, 1.54) is 4.90 Å². The minimum absolute atomic E-state index is 0.0521. The van der Waals surface area contributed by atoms with E-state index in [0.717, 1.165) is 30.0 Å². The van der Waals surface area contributed by atoms with Crippen LogP contribution in [0, 0.1) is 5.92 Å². The lowest BCUT2D eigenvalue weighted by Crippen LogP contribution is -2.55. The Hall–Kier alpha value is -2.55. The van der Waals surface area contributed by atoms with Gasteiger partial charge in [0.25, 0.3) is 11.8 Å². The highest BCUT2D eigenvalue weighted by Crippen LogP contribution is 2.40. The van der Waals surface area contributed by atoms with Crippen LogP contribution in [0.4, 0.5) is 4.79 Å². The molecule has 0 bridgehead atoms. The van der Waals surface area contributed by atoms with Gasteiger partial charge < -0.3 is 24.5 Å². The van der Waals surface area contributed by atoms with Crippen LogP contribution < -0.4 is 5.32 Å². The number of benzene rings is 1. The SMILES string of the molecule is CC(C)(C)[Si](C)(C)O[C@@H]1CC[C@H](NC(=O)O)[C@@H](Cc2ccc3c(c2)CN(C2CCC(=O)N(COCC[Si](C)(C)C)C2=O)C3=O)C1. The summed E-state index contributed by atoms with van der Waals surface area (Å²) in [6.07, 6.45) is 2.51. The molecule has 0 spiro atoms. The van der Waals surface area contributed by atoms with Crippen LogP contribution in [-0.4, -0.2) is 86.6 Å². The monoisotopic (exact) mass is 659 g/mol. The quantitative estimate of drug-likeness (QED) is 0.174. The molecule has 1 saturated carbocycles. The van der Waals surface area contributed by atoms with Crippen molar-refractivity contribution in [1.29, 1.82) is 0 Å². The summed E-state index contributed by atoms with van der Waals surface area (Å²) in [4.78, 5) is 53.9. The lowest BCUT2D eigenvalue weighted by atomic mass is 9.79. The number of ether oxygens (including phenoxy) is 1. The van der Waals surface area contributed by atoms with E-state index in [9.17, 15) is 24.3 Å². The third-order valence-electron chi connectivity index (χ3n) is 10.1. The van der Waals surface area contributed by atoms with Crippen molar-refractivity contribution < 1.29 is 33.4 Å². The molecular formula is C33H53N3O7Si2. The maximum atomic E-state index is 13.5. The molecule has 4 atom stereocenters. The number of carbonyl (C=O) groups is 4. The number of fused-ring (bicyclic) bond motifs is 1. The van der Waals surface area contributed by atoms with Crippen LogP contribution in [0.25, 0.3) is 0 Å². The first-order chi connectivity index (χ1) is 20.9. The maximum Gasteiger partial charge on any atom is 0.404 e. The number of rotatable bonds is 11. The first-order valence-electron chi connectivity index (χ1n) is 16.4. The Balaban J connectivity index is 1.44. The summed E-state index contributed by atoms with van der Waals surface area (Å²) in [5.41, 5.74) is 2.46. The van der Waals surface area contributed by atoms with Crippen molar-refractivity contribution in [2.24, 2.45) is 5.92 Å². The van der Waals surface area contributed by atoms with E-state index in [2.05, 4.69) is 58.8 Å². The standard InChI is InChI=1S/C33H53N3O7Si2/c1-33(2,3)45(7,8)43-25-10-12-27(34-32(40)41)23(19-25)17-22-9-11-26-24(18-22)20-35(30(26)38)28-13-14-29(37)36(31(28)39)21-42-15-16-44(4,5)6/h9,11,18,23,25,27-28,34H,10,12-17,19-21H2,1-8H3,(H,40,41)/t23-,25+,27-,28?/m0/s1. The zero-order chi connectivity index (χ0) is 33.3. The van der Waals surface area contributed by atoms with Crippen molar-refractivity contribution in [3.05, 3.63) is 34.9 Å². The van der Waals surface area contributed by atoms with E-state index in [4.69, 9.17) is 9.16 Å². The van der Waals surface area contributed by atoms with Gasteiger partial charge in [0.2, 0.25) is 5.91 Å². The Morgan fingerprint density at radius 1 is 1.07 bits per heavy atom. The van der Waals surface area contributed by atoms with E-state index in [0.29, 0.717) is 38.0 Å². The third kappa shape index (κ3) is 8.63. The van der Waals surface area contributed by atoms with Crippen LogP contribution in [0.2, 0.25) is 43.8 Å². The summed E-state index contributed by atoms with van der Waals surface area (Å²) in [5, 5.41) is 12.4. The fraction of sp³-hybridized carbons (Fsp3) is 0.697. The zero-order valence-electron chi connectivity index (χ0n) is 28.4.